The zero-order valence-electron chi connectivity index (χ0n) is 16.8. The number of hydrogen-bond donors (Lipinski definition) is 0. The van der Waals surface area contributed by atoms with Crippen molar-refractivity contribution in [1.29, 1.82) is 0 Å². The zero-order chi connectivity index (χ0) is 21.0. The highest BCUT2D eigenvalue weighted by Crippen LogP contribution is 2.40. The first-order valence-corrected chi connectivity index (χ1v) is 10.6. The number of fused-ring (bicyclic) bond motifs is 4. The van der Waals surface area contributed by atoms with Gasteiger partial charge in [0.1, 0.15) is 18.1 Å². The molecule has 1 aromatic carbocycles. The molecule has 2 aromatic heterocycles. The summed E-state index contributed by atoms with van der Waals surface area (Å²) in [6.07, 6.45) is 2.31. The van der Waals surface area contributed by atoms with Crippen molar-refractivity contribution >= 4 is 45.1 Å². The van der Waals surface area contributed by atoms with Crippen LogP contribution >= 0.6 is 11.3 Å². The maximum Gasteiger partial charge on any atom is 0.257 e. The Morgan fingerprint density at radius 1 is 1.17 bits per heavy atom. The topological polar surface area (TPSA) is 78.8 Å². The van der Waals surface area contributed by atoms with Crippen LogP contribution in [0.4, 0.5) is 5.00 Å². The third kappa shape index (κ3) is 2.88. The van der Waals surface area contributed by atoms with Gasteiger partial charge in [0.25, 0.3) is 5.91 Å². The van der Waals surface area contributed by atoms with Gasteiger partial charge in [-0.15, -0.1) is 11.3 Å². The van der Waals surface area contributed by atoms with E-state index in [-0.39, 0.29) is 30.8 Å². The Balaban J connectivity index is 1.41. The SMILES string of the molecule is CN1CC(=O)N(C)c2sc3c(c2C1=O)CCN(C(=O)Cn1cnc2ccccc21)C3. The fourth-order valence-corrected chi connectivity index (χ4v) is 5.46. The number of benzene rings is 1. The lowest BCUT2D eigenvalue weighted by Crippen LogP contribution is -2.38. The molecule has 0 saturated heterocycles. The van der Waals surface area contributed by atoms with Crippen LogP contribution in [0.25, 0.3) is 11.0 Å². The smallest absolute Gasteiger partial charge is 0.257 e. The Morgan fingerprint density at radius 2 is 1.97 bits per heavy atom. The molecule has 0 fully saturated rings. The maximum atomic E-state index is 13.0. The van der Waals surface area contributed by atoms with Crippen molar-refractivity contribution in [3.8, 4) is 0 Å². The first kappa shape index (κ1) is 18.8. The van der Waals surface area contributed by atoms with Gasteiger partial charge in [0.15, 0.2) is 0 Å². The number of para-hydroxylation sites is 2. The molecule has 5 rings (SSSR count). The molecule has 0 spiro atoms. The molecule has 30 heavy (non-hydrogen) atoms. The van der Waals surface area contributed by atoms with Crippen molar-refractivity contribution < 1.29 is 14.4 Å². The van der Waals surface area contributed by atoms with Gasteiger partial charge in [-0.2, -0.15) is 0 Å². The molecule has 8 nitrogen and oxygen atoms in total. The third-order valence-corrected chi connectivity index (χ3v) is 7.13. The number of hydrogen-bond acceptors (Lipinski definition) is 5. The van der Waals surface area contributed by atoms with Crippen LogP contribution in [0.1, 0.15) is 20.8 Å². The van der Waals surface area contributed by atoms with E-state index in [4.69, 9.17) is 0 Å². The minimum atomic E-state index is -0.120. The normalized spacial score (nSPS) is 16.7. The molecule has 154 valence electrons. The van der Waals surface area contributed by atoms with E-state index in [1.807, 2.05) is 33.7 Å². The van der Waals surface area contributed by atoms with Gasteiger partial charge in [-0.3, -0.25) is 14.4 Å². The fraction of sp³-hybridized carbons (Fsp3) is 0.333. The van der Waals surface area contributed by atoms with E-state index in [0.29, 0.717) is 30.1 Å². The molecule has 0 bridgehead atoms. The number of imidazole rings is 1. The standard InChI is InChI=1S/C21H21N5O3S/c1-23-10-17(27)24(2)21-19(20(23)29)13-7-8-25(9-16(13)30-21)18(28)11-26-12-22-14-5-3-4-6-15(14)26/h3-6,12H,7-11H2,1-2H3. The van der Waals surface area contributed by atoms with Gasteiger partial charge in [0.2, 0.25) is 11.8 Å². The van der Waals surface area contributed by atoms with Crippen LogP contribution < -0.4 is 4.90 Å². The molecular formula is C21H21N5O3S. The average Bonchev–Trinajstić information content (AvgIpc) is 3.31. The van der Waals surface area contributed by atoms with Gasteiger partial charge in [0, 0.05) is 25.5 Å². The second-order valence-electron chi connectivity index (χ2n) is 7.72. The lowest BCUT2D eigenvalue weighted by atomic mass is 10.0. The van der Waals surface area contributed by atoms with Crippen molar-refractivity contribution in [3.05, 3.63) is 46.6 Å². The van der Waals surface area contributed by atoms with Crippen LogP contribution in [0.3, 0.4) is 0 Å². The largest absolute Gasteiger partial charge is 0.336 e. The number of likely N-dealkylation sites (N-methyl/N-ethyl adjacent to an activating group) is 2. The number of carbonyl (C=O) groups excluding carboxylic acids is 3. The quantitative estimate of drug-likeness (QED) is 0.629. The van der Waals surface area contributed by atoms with E-state index < -0.39 is 0 Å². The van der Waals surface area contributed by atoms with Crippen molar-refractivity contribution in [3.63, 3.8) is 0 Å². The molecular weight excluding hydrogens is 402 g/mol. The Morgan fingerprint density at radius 3 is 2.80 bits per heavy atom. The van der Waals surface area contributed by atoms with E-state index in [2.05, 4.69) is 4.98 Å². The molecule has 4 heterocycles. The van der Waals surface area contributed by atoms with Crippen molar-refractivity contribution in [2.75, 3.05) is 32.1 Å². The molecule has 2 aliphatic rings. The summed E-state index contributed by atoms with van der Waals surface area (Å²) in [5.74, 6) is -0.215. The van der Waals surface area contributed by atoms with Crippen LogP contribution in [0.2, 0.25) is 0 Å². The van der Waals surface area contributed by atoms with Crippen LogP contribution in [0.15, 0.2) is 30.6 Å². The van der Waals surface area contributed by atoms with Crippen LogP contribution in [-0.4, -0.2) is 64.3 Å². The van der Waals surface area contributed by atoms with E-state index >= 15 is 0 Å². The number of anilines is 1. The highest BCUT2D eigenvalue weighted by Gasteiger charge is 2.36. The molecule has 9 heteroatoms. The molecule has 0 radical (unpaired) electrons. The number of aromatic nitrogens is 2. The minimum absolute atomic E-state index is 0.0141. The summed E-state index contributed by atoms with van der Waals surface area (Å²) in [6, 6.07) is 7.74. The van der Waals surface area contributed by atoms with Crippen LogP contribution in [0.5, 0.6) is 0 Å². The van der Waals surface area contributed by atoms with Gasteiger partial charge >= 0.3 is 0 Å². The van der Waals surface area contributed by atoms with Crippen molar-refractivity contribution in [1.82, 2.24) is 19.4 Å². The average molecular weight is 423 g/mol. The first-order valence-electron chi connectivity index (χ1n) is 9.78. The molecule has 3 amide bonds. The summed E-state index contributed by atoms with van der Waals surface area (Å²) in [7, 11) is 3.37. The molecule has 0 aliphatic carbocycles. The van der Waals surface area contributed by atoms with Crippen molar-refractivity contribution in [2.45, 2.75) is 19.5 Å². The number of rotatable bonds is 2. The Kier molecular flexibility index (Phi) is 4.35. The molecule has 0 unspecified atom stereocenters. The van der Waals surface area contributed by atoms with E-state index in [0.717, 1.165) is 21.5 Å². The second kappa shape index (κ2) is 6.94. The Hall–Kier alpha value is -3.20. The number of amides is 3. The van der Waals surface area contributed by atoms with Gasteiger partial charge in [-0.05, 0) is 24.1 Å². The lowest BCUT2D eigenvalue weighted by molar-refractivity contribution is -0.132. The Bertz CT molecular complexity index is 1200. The lowest BCUT2D eigenvalue weighted by Gasteiger charge is -2.28. The van der Waals surface area contributed by atoms with E-state index in [1.165, 1.54) is 16.2 Å². The number of carbonyl (C=O) groups is 3. The molecule has 0 N–H and O–H groups in total. The summed E-state index contributed by atoms with van der Waals surface area (Å²) in [4.78, 5) is 48.4. The Labute approximate surface area is 177 Å². The van der Waals surface area contributed by atoms with Crippen LogP contribution in [-0.2, 0) is 29.1 Å². The van der Waals surface area contributed by atoms with E-state index in [9.17, 15) is 14.4 Å². The van der Waals surface area contributed by atoms with Crippen molar-refractivity contribution in [2.24, 2.45) is 0 Å². The maximum absolute atomic E-state index is 13.0. The second-order valence-corrected chi connectivity index (χ2v) is 8.81. The zero-order valence-corrected chi connectivity index (χ0v) is 17.6. The summed E-state index contributed by atoms with van der Waals surface area (Å²) in [5, 5.41) is 0.689. The highest BCUT2D eigenvalue weighted by molar-refractivity contribution is 7.17. The fourth-order valence-electron chi connectivity index (χ4n) is 4.13. The summed E-state index contributed by atoms with van der Waals surface area (Å²) >= 11 is 1.44. The number of thiophene rings is 1. The minimum Gasteiger partial charge on any atom is -0.336 e. The molecule has 0 atom stereocenters. The van der Waals surface area contributed by atoms with Crippen LogP contribution in [0, 0.1) is 0 Å². The molecule has 0 saturated carbocycles. The predicted molar refractivity (Wildman–Crippen MR) is 114 cm³/mol. The molecule has 3 aromatic rings. The third-order valence-electron chi connectivity index (χ3n) is 5.84. The monoisotopic (exact) mass is 423 g/mol. The van der Waals surface area contributed by atoms with Gasteiger partial charge < -0.3 is 19.3 Å². The predicted octanol–water partition coefficient (Wildman–Crippen LogP) is 1.73. The van der Waals surface area contributed by atoms with Gasteiger partial charge in [-0.25, -0.2) is 4.98 Å². The van der Waals surface area contributed by atoms with E-state index in [1.54, 1.807) is 25.3 Å². The summed E-state index contributed by atoms with van der Waals surface area (Å²) < 4.78 is 1.86. The summed E-state index contributed by atoms with van der Waals surface area (Å²) in [6.45, 7) is 1.31. The number of nitrogens with zero attached hydrogens (tertiary/aromatic N) is 5. The highest BCUT2D eigenvalue weighted by atomic mass is 32.1. The summed E-state index contributed by atoms with van der Waals surface area (Å²) in [5.41, 5.74) is 3.40. The first-order chi connectivity index (χ1) is 14.4. The molecule has 2 aliphatic heterocycles. The van der Waals surface area contributed by atoms with Gasteiger partial charge in [-0.1, -0.05) is 12.1 Å². The van der Waals surface area contributed by atoms with Gasteiger partial charge in [0.05, 0.1) is 29.5 Å².